The number of benzene rings is 2. The number of aromatic nitrogens is 2. The van der Waals surface area contributed by atoms with E-state index in [0.29, 0.717) is 36.7 Å². The fraction of sp³-hybridized carbons (Fsp3) is 0.333. The van der Waals surface area contributed by atoms with Gasteiger partial charge in [-0.05, 0) is 41.8 Å². The van der Waals surface area contributed by atoms with E-state index in [-0.39, 0.29) is 11.1 Å². The van der Waals surface area contributed by atoms with Crippen molar-refractivity contribution in [2.45, 2.75) is 39.2 Å². The van der Waals surface area contributed by atoms with E-state index in [1.54, 1.807) is 16.8 Å². The minimum absolute atomic E-state index is 0.283. The fourth-order valence-electron chi connectivity index (χ4n) is 3.83. The second-order valence-corrected chi connectivity index (χ2v) is 11.5. The Morgan fingerprint density at radius 2 is 1.80 bits per heavy atom. The van der Waals surface area contributed by atoms with Gasteiger partial charge in [0.15, 0.2) is 11.6 Å². The number of carbonyl (C=O) groups excluding carboxylic acids is 1. The molecule has 3 aromatic rings. The summed E-state index contributed by atoms with van der Waals surface area (Å²) >= 11 is 0. The molecule has 0 atom stereocenters. The maximum atomic E-state index is 14.0. The van der Waals surface area contributed by atoms with Crippen molar-refractivity contribution in [2.24, 2.45) is 0 Å². The molecule has 2 N–H and O–H groups in total. The van der Waals surface area contributed by atoms with Gasteiger partial charge in [0.2, 0.25) is 10.0 Å². The lowest BCUT2D eigenvalue weighted by molar-refractivity contribution is 0.262. The normalized spacial score (nSPS) is 14.5. The first-order valence-corrected chi connectivity index (χ1v) is 12.9. The van der Waals surface area contributed by atoms with Crippen LogP contribution in [0.25, 0.3) is 5.69 Å². The molecular weight excluding hydrogens is 476 g/mol. The minimum atomic E-state index is -3.28. The van der Waals surface area contributed by atoms with Gasteiger partial charge in [0, 0.05) is 24.6 Å². The topological polar surface area (TPSA) is 96.3 Å². The Hall–Kier alpha value is -3.31. The van der Waals surface area contributed by atoms with Gasteiger partial charge in [-0.2, -0.15) is 9.40 Å². The summed E-state index contributed by atoms with van der Waals surface area (Å²) in [7, 11) is -3.28. The summed E-state index contributed by atoms with van der Waals surface area (Å²) in [5.74, 6) is -1.87. The number of urea groups is 1. The average Bonchev–Trinajstić information content (AvgIpc) is 3.19. The number of hydrogen-bond acceptors (Lipinski definition) is 4. The molecule has 0 bridgehead atoms. The van der Waals surface area contributed by atoms with Crippen LogP contribution in [0.1, 0.15) is 37.6 Å². The summed E-state index contributed by atoms with van der Waals surface area (Å²) in [5.41, 5.74) is 2.69. The van der Waals surface area contributed by atoms with Crippen molar-refractivity contribution in [3.8, 4) is 5.69 Å². The molecule has 2 heterocycles. The van der Waals surface area contributed by atoms with Gasteiger partial charge in [-0.15, -0.1) is 0 Å². The number of nitrogens with zero attached hydrogens (tertiary/aromatic N) is 3. The van der Waals surface area contributed by atoms with Crippen molar-refractivity contribution >= 4 is 27.6 Å². The molecule has 0 aliphatic carbocycles. The third-order valence-electron chi connectivity index (χ3n) is 5.80. The number of hydrogen-bond donors (Lipinski definition) is 2. The highest BCUT2D eigenvalue weighted by molar-refractivity contribution is 7.88. The summed E-state index contributed by atoms with van der Waals surface area (Å²) in [6.07, 6.45) is 1.74. The van der Waals surface area contributed by atoms with Gasteiger partial charge in [-0.3, -0.25) is 5.32 Å². The smallest absolute Gasteiger partial charge is 0.305 e. The number of nitrogens with one attached hydrogen (secondary N) is 2. The van der Waals surface area contributed by atoms with E-state index in [9.17, 15) is 22.0 Å². The fourth-order valence-corrected chi connectivity index (χ4v) is 4.63. The Morgan fingerprint density at radius 3 is 2.49 bits per heavy atom. The standard InChI is InChI=1S/C24H27F2N5O3S/c1-24(2,3)20-13-21(28-23(32)27-19-7-5-6-18(25)22(19)26)31(29-20)17-9-8-16-14-30(35(4,33)34)11-10-15(16)12-17/h5-9,12-13H,10-11,14H2,1-4H3,(H2,27,28,32). The molecule has 0 unspecified atom stereocenters. The SMILES string of the molecule is CC(C)(C)c1cc(NC(=O)Nc2cccc(F)c2F)n(-c2ccc3c(c2)CCN(S(C)(=O)=O)C3)n1. The second kappa shape index (κ2) is 9.04. The van der Waals surface area contributed by atoms with Crippen molar-refractivity contribution in [1.82, 2.24) is 14.1 Å². The first kappa shape index (κ1) is 24.8. The molecule has 0 radical (unpaired) electrons. The molecular formula is C24H27F2N5O3S. The first-order valence-electron chi connectivity index (χ1n) is 11.0. The van der Waals surface area contributed by atoms with Gasteiger partial charge in [-0.1, -0.05) is 32.9 Å². The predicted octanol–water partition coefficient (Wildman–Crippen LogP) is 4.41. The van der Waals surface area contributed by atoms with Crippen molar-refractivity contribution in [1.29, 1.82) is 0 Å². The van der Waals surface area contributed by atoms with Crippen LogP contribution >= 0.6 is 0 Å². The molecule has 0 saturated carbocycles. The summed E-state index contributed by atoms with van der Waals surface area (Å²) in [6, 6.07) is 10.1. The molecule has 0 spiro atoms. The number of halogens is 2. The van der Waals surface area contributed by atoms with E-state index in [1.165, 1.54) is 22.7 Å². The van der Waals surface area contributed by atoms with E-state index in [2.05, 4.69) is 15.7 Å². The van der Waals surface area contributed by atoms with Crippen molar-refractivity contribution in [3.05, 3.63) is 70.9 Å². The molecule has 0 saturated heterocycles. The zero-order chi connectivity index (χ0) is 25.5. The van der Waals surface area contributed by atoms with E-state index in [1.807, 2.05) is 32.9 Å². The zero-order valence-electron chi connectivity index (χ0n) is 19.9. The molecule has 186 valence electrons. The van der Waals surface area contributed by atoms with Crippen LogP contribution in [0.4, 0.5) is 25.1 Å². The Balaban J connectivity index is 1.65. The Labute approximate surface area is 203 Å². The summed E-state index contributed by atoms with van der Waals surface area (Å²) < 4.78 is 54.3. The third kappa shape index (κ3) is 5.35. The molecule has 4 rings (SSSR count). The maximum Gasteiger partial charge on any atom is 0.324 e. The highest BCUT2D eigenvalue weighted by atomic mass is 32.2. The number of rotatable bonds is 4. The quantitative estimate of drug-likeness (QED) is 0.551. The predicted molar refractivity (Wildman–Crippen MR) is 130 cm³/mol. The number of anilines is 2. The van der Waals surface area contributed by atoms with Gasteiger partial charge < -0.3 is 5.32 Å². The zero-order valence-corrected chi connectivity index (χ0v) is 20.7. The van der Waals surface area contributed by atoms with Crippen LogP contribution in [0.5, 0.6) is 0 Å². The van der Waals surface area contributed by atoms with Gasteiger partial charge >= 0.3 is 6.03 Å². The number of sulfonamides is 1. The van der Waals surface area contributed by atoms with Crippen LogP contribution in [0.15, 0.2) is 42.5 Å². The van der Waals surface area contributed by atoms with Gasteiger partial charge in [-0.25, -0.2) is 26.7 Å². The first-order chi connectivity index (χ1) is 16.3. The molecule has 1 aliphatic rings. The second-order valence-electron chi connectivity index (χ2n) is 9.56. The van der Waals surface area contributed by atoms with Crippen molar-refractivity contribution < 1.29 is 22.0 Å². The highest BCUT2D eigenvalue weighted by Crippen LogP contribution is 2.29. The van der Waals surface area contributed by atoms with Crippen LogP contribution in [-0.4, -0.2) is 41.3 Å². The van der Waals surface area contributed by atoms with Gasteiger partial charge in [0.1, 0.15) is 5.82 Å². The minimum Gasteiger partial charge on any atom is -0.305 e. The monoisotopic (exact) mass is 503 g/mol. The van der Waals surface area contributed by atoms with Crippen LogP contribution in [0.2, 0.25) is 0 Å². The number of carbonyl (C=O) groups is 1. The van der Waals surface area contributed by atoms with Crippen molar-refractivity contribution in [2.75, 3.05) is 23.4 Å². The van der Waals surface area contributed by atoms with E-state index < -0.39 is 27.7 Å². The molecule has 11 heteroatoms. The van der Waals surface area contributed by atoms with Gasteiger partial charge in [0.05, 0.1) is 23.3 Å². The maximum absolute atomic E-state index is 14.0. The molecule has 35 heavy (non-hydrogen) atoms. The van der Waals surface area contributed by atoms with Crippen LogP contribution < -0.4 is 10.6 Å². The molecule has 0 fully saturated rings. The Kier molecular flexibility index (Phi) is 6.41. The van der Waals surface area contributed by atoms with Crippen molar-refractivity contribution in [3.63, 3.8) is 0 Å². The van der Waals surface area contributed by atoms with E-state index >= 15 is 0 Å². The number of amides is 2. The Bertz CT molecular complexity index is 1400. The summed E-state index contributed by atoms with van der Waals surface area (Å²) in [5, 5.41) is 9.68. The molecule has 1 aromatic heterocycles. The summed E-state index contributed by atoms with van der Waals surface area (Å²) in [6.45, 7) is 6.64. The van der Waals surface area contributed by atoms with Crippen LogP contribution in [-0.2, 0) is 28.4 Å². The molecule has 2 aromatic carbocycles. The molecule has 1 aliphatic heterocycles. The number of fused-ring (bicyclic) bond motifs is 1. The highest BCUT2D eigenvalue weighted by Gasteiger charge is 2.25. The van der Waals surface area contributed by atoms with Gasteiger partial charge in [0.25, 0.3) is 0 Å². The van der Waals surface area contributed by atoms with Crippen LogP contribution in [0.3, 0.4) is 0 Å². The van der Waals surface area contributed by atoms with E-state index in [4.69, 9.17) is 0 Å². The Morgan fingerprint density at radius 1 is 1.06 bits per heavy atom. The lowest BCUT2D eigenvalue weighted by atomic mass is 9.92. The largest absolute Gasteiger partial charge is 0.324 e. The molecule has 2 amide bonds. The molecule has 8 nitrogen and oxygen atoms in total. The van der Waals surface area contributed by atoms with E-state index in [0.717, 1.165) is 17.2 Å². The van der Waals surface area contributed by atoms with Crippen LogP contribution in [0, 0.1) is 11.6 Å². The lowest BCUT2D eigenvalue weighted by Gasteiger charge is -2.27. The summed E-state index contributed by atoms with van der Waals surface area (Å²) in [4.78, 5) is 12.6. The lowest BCUT2D eigenvalue weighted by Crippen LogP contribution is -2.35. The average molecular weight is 504 g/mol. The third-order valence-corrected chi connectivity index (χ3v) is 7.05.